The second-order valence-electron chi connectivity index (χ2n) is 6.74. The van der Waals surface area contributed by atoms with Crippen LogP contribution in [0.5, 0.6) is 0 Å². The summed E-state index contributed by atoms with van der Waals surface area (Å²) in [6.07, 6.45) is 12.0. The van der Waals surface area contributed by atoms with Crippen molar-refractivity contribution in [2.45, 2.75) is 66.2 Å². The summed E-state index contributed by atoms with van der Waals surface area (Å²) in [4.78, 5) is 0. The quantitative estimate of drug-likeness (QED) is 0.496. The third-order valence-electron chi connectivity index (χ3n) is 4.63. The topological polar surface area (TPSA) is 0 Å². The van der Waals surface area contributed by atoms with E-state index >= 15 is 0 Å². The molecule has 1 aliphatic carbocycles. The van der Waals surface area contributed by atoms with Gasteiger partial charge in [-0.2, -0.15) is 0 Å². The fraction of sp³-hybridized carbons (Fsp3) is 0.600. The lowest BCUT2D eigenvalue weighted by atomic mass is 9.81. The SMILES string of the molecule is C=C(C)C1CC/C(C)=C/CC/C(C)=C/C[C@H](C(=C)C)C1. The Morgan fingerprint density at radius 3 is 2.15 bits per heavy atom. The van der Waals surface area contributed by atoms with Crippen molar-refractivity contribution in [3.8, 4) is 0 Å². The number of hydrogen-bond acceptors (Lipinski definition) is 0. The normalized spacial score (nSPS) is 31.0. The number of rotatable bonds is 2. The van der Waals surface area contributed by atoms with E-state index in [1.54, 1.807) is 0 Å². The molecule has 0 heteroatoms. The van der Waals surface area contributed by atoms with Crippen molar-refractivity contribution in [3.05, 3.63) is 47.6 Å². The zero-order valence-corrected chi connectivity index (χ0v) is 14.0. The molecule has 1 unspecified atom stereocenters. The molecule has 0 amide bonds. The summed E-state index contributed by atoms with van der Waals surface area (Å²) in [5.41, 5.74) is 5.72. The molecule has 0 spiro atoms. The van der Waals surface area contributed by atoms with E-state index in [1.807, 2.05) is 0 Å². The van der Waals surface area contributed by atoms with Gasteiger partial charge in [0.05, 0.1) is 0 Å². The highest BCUT2D eigenvalue weighted by Gasteiger charge is 2.17. The van der Waals surface area contributed by atoms with Gasteiger partial charge in [-0.25, -0.2) is 0 Å². The van der Waals surface area contributed by atoms with Crippen LogP contribution in [0.2, 0.25) is 0 Å². The van der Waals surface area contributed by atoms with Gasteiger partial charge in [-0.3, -0.25) is 0 Å². The van der Waals surface area contributed by atoms with Gasteiger partial charge in [0.25, 0.3) is 0 Å². The lowest BCUT2D eigenvalue weighted by molar-refractivity contribution is 0.428. The van der Waals surface area contributed by atoms with E-state index < -0.39 is 0 Å². The van der Waals surface area contributed by atoms with Gasteiger partial charge in [-0.15, -0.1) is 0 Å². The highest BCUT2D eigenvalue weighted by molar-refractivity contribution is 5.10. The predicted molar refractivity (Wildman–Crippen MR) is 91.8 cm³/mol. The summed E-state index contributed by atoms with van der Waals surface area (Å²) in [5.74, 6) is 1.24. The Kier molecular flexibility index (Phi) is 7.05. The van der Waals surface area contributed by atoms with Crippen LogP contribution in [0.3, 0.4) is 0 Å². The van der Waals surface area contributed by atoms with Gasteiger partial charge in [-0.05, 0) is 78.1 Å². The van der Waals surface area contributed by atoms with E-state index in [2.05, 4.69) is 53.0 Å². The van der Waals surface area contributed by atoms with E-state index in [0.717, 1.165) is 6.42 Å². The van der Waals surface area contributed by atoms with Crippen molar-refractivity contribution in [2.75, 3.05) is 0 Å². The molecule has 0 N–H and O–H groups in total. The molecular formula is C20H32. The molecule has 0 aromatic rings. The maximum Gasteiger partial charge on any atom is -0.0168 e. The van der Waals surface area contributed by atoms with E-state index in [0.29, 0.717) is 11.8 Å². The zero-order chi connectivity index (χ0) is 15.1. The Bertz CT molecular complexity index is 406. The van der Waals surface area contributed by atoms with Crippen LogP contribution in [0.4, 0.5) is 0 Å². The summed E-state index contributed by atoms with van der Waals surface area (Å²) in [6.45, 7) is 17.3. The molecule has 0 bridgehead atoms. The molecule has 0 aliphatic heterocycles. The molecule has 0 saturated heterocycles. The fourth-order valence-electron chi connectivity index (χ4n) is 2.90. The van der Waals surface area contributed by atoms with Gasteiger partial charge < -0.3 is 0 Å². The number of allylic oxidation sites excluding steroid dienone is 6. The first-order valence-corrected chi connectivity index (χ1v) is 8.02. The largest absolute Gasteiger partial charge is 0.0999 e. The van der Waals surface area contributed by atoms with Gasteiger partial charge >= 0.3 is 0 Å². The first-order chi connectivity index (χ1) is 9.40. The summed E-state index contributed by atoms with van der Waals surface area (Å²) in [6, 6.07) is 0. The van der Waals surface area contributed by atoms with E-state index in [9.17, 15) is 0 Å². The minimum absolute atomic E-state index is 0.607. The van der Waals surface area contributed by atoms with Gasteiger partial charge in [0.1, 0.15) is 0 Å². The summed E-state index contributed by atoms with van der Waals surface area (Å²) in [7, 11) is 0. The first kappa shape index (κ1) is 17.0. The lowest BCUT2D eigenvalue weighted by Crippen LogP contribution is -2.11. The molecule has 0 heterocycles. The van der Waals surface area contributed by atoms with Gasteiger partial charge in [0.15, 0.2) is 0 Å². The summed E-state index contributed by atoms with van der Waals surface area (Å²) < 4.78 is 0. The van der Waals surface area contributed by atoms with Crippen molar-refractivity contribution < 1.29 is 0 Å². The summed E-state index contributed by atoms with van der Waals surface area (Å²) in [5, 5.41) is 0. The maximum atomic E-state index is 4.22. The van der Waals surface area contributed by atoms with Gasteiger partial charge in [-0.1, -0.05) is 47.6 Å². The van der Waals surface area contributed by atoms with Crippen LogP contribution in [0, 0.1) is 11.8 Å². The average Bonchev–Trinajstić information content (AvgIpc) is 2.35. The Hall–Kier alpha value is -1.04. The maximum absolute atomic E-state index is 4.22. The smallest absolute Gasteiger partial charge is 0.0168 e. The zero-order valence-electron chi connectivity index (χ0n) is 14.0. The first-order valence-electron chi connectivity index (χ1n) is 8.02. The summed E-state index contributed by atoms with van der Waals surface area (Å²) >= 11 is 0. The van der Waals surface area contributed by atoms with Crippen LogP contribution in [-0.4, -0.2) is 0 Å². The molecule has 0 saturated carbocycles. The van der Waals surface area contributed by atoms with E-state index in [1.165, 1.54) is 54.4 Å². The van der Waals surface area contributed by atoms with Crippen molar-refractivity contribution in [3.63, 3.8) is 0 Å². The van der Waals surface area contributed by atoms with Crippen LogP contribution >= 0.6 is 0 Å². The van der Waals surface area contributed by atoms with Crippen LogP contribution in [0.25, 0.3) is 0 Å². The monoisotopic (exact) mass is 272 g/mol. The molecule has 0 aromatic heterocycles. The Morgan fingerprint density at radius 2 is 1.55 bits per heavy atom. The van der Waals surface area contributed by atoms with E-state index in [4.69, 9.17) is 0 Å². The van der Waals surface area contributed by atoms with Crippen molar-refractivity contribution >= 4 is 0 Å². The third-order valence-corrected chi connectivity index (χ3v) is 4.63. The molecule has 2 atom stereocenters. The Balaban J connectivity index is 2.90. The van der Waals surface area contributed by atoms with Crippen LogP contribution in [0.15, 0.2) is 47.6 Å². The van der Waals surface area contributed by atoms with Crippen LogP contribution in [0.1, 0.15) is 66.2 Å². The number of hydrogen-bond donors (Lipinski definition) is 0. The second kappa shape index (κ2) is 8.29. The lowest BCUT2D eigenvalue weighted by Gasteiger charge is -2.24. The molecule has 1 rings (SSSR count). The standard InChI is InChI=1S/C20H32/c1-15(2)19-12-10-17(5)8-7-9-18(6)11-13-20(14-19)16(3)4/h8,11,19-20H,1,3,7,9-10,12-14H2,2,4-6H3/b17-8+,18-11+/t19?,20-/m0/s1. The van der Waals surface area contributed by atoms with Crippen LogP contribution in [-0.2, 0) is 0 Å². The highest BCUT2D eigenvalue weighted by atomic mass is 14.2. The molecule has 112 valence electrons. The minimum Gasteiger partial charge on any atom is -0.0999 e. The predicted octanol–water partition coefficient (Wildman–Crippen LogP) is 6.62. The highest BCUT2D eigenvalue weighted by Crippen LogP contribution is 2.31. The molecular weight excluding hydrogens is 240 g/mol. The fourth-order valence-corrected chi connectivity index (χ4v) is 2.90. The Morgan fingerprint density at radius 1 is 0.950 bits per heavy atom. The van der Waals surface area contributed by atoms with Crippen molar-refractivity contribution in [1.29, 1.82) is 0 Å². The van der Waals surface area contributed by atoms with Gasteiger partial charge in [0.2, 0.25) is 0 Å². The third kappa shape index (κ3) is 5.94. The second-order valence-corrected chi connectivity index (χ2v) is 6.74. The molecule has 0 radical (unpaired) electrons. The minimum atomic E-state index is 0.607. The van der Waals surface area contributed by atoms with Crippen molar-refractivity contribution in [2.24, 2.45) is 11.8 Å². The molecule has 0 aromatic carbocycles. The molecule has 20 heavy (non-hydrogen) atoms. The Labute approximate surface area is 126 Å². The van der Waals surface area contributed by atoms with Crippen LogP contribution < -0.4 is 0 Å². The van der Waals surface area contributed by atoms with Gasteiger partial charge in [0, 0.05) is 0 Å². The average molecular weight is 272 g/mol. The van der Waals surface area contributed by atoms with Crippen molar-refractivity contribution in [1.82, 2.24) is 0 Å². The molecule has 0 nitrogen and oxygen atoms in total. The molecule has 1 aliphatic rings. The van der Waals surface area contributed by atoms with E-state index in [-0.39, 0.29) is 0 Å². The molecule has 0 fully saturated rings.